The van der Waals surface area contributed by atoms with Crippen molar-refractivity contribution in [3.05, 3.63) is 46.8 Å². The van der Waals surface area contributed by atoms with Gasteiger partial charge in [-0.05, 0) is 25.1 Å². The molecule has 1 amide bonds. The minimum atomic E-state index is -4.52. The number of benzene rings is 1. The van der Waals surface area contributed by atoms with Crippen LogP contribution in [-0.4, -0.2) is 15.7 Å². The molecule has 21 heavy (non-hydrogen) atoms. The second kappa shape index (κ2) is 4.94. The molecule has 5 nitrogen and oxygen atoms in total. The Bertz CT molecular complexity index is 756. The molecular weight excluding hydrogens is 285 g/mol. The second-order valence-electron chi connectivity index (χ2n) is 4.24. The summed E-state index contributed by atoms with van der Waals surface area (Å²) in [6.45, 7) is 1.45. The van der Waals surface area contributed by atoms with E-state index in [9.17, 15) is 18.0 Å². The molecule has 0 atom stereocenters. The van der Waals surface area contributed by atoms with Crippen LogP contribution in [0.25, 0.3) is 5.69 Å². The van der Waals surface area contributed by atoms with E-state index in [4.69, 9.17) is 11.0 Å². The Hall–Kier alpha value is -2.82. The number of amides is 1. The summed E-state index contributed by atoms with van der Waals surface area (Å²) in [6.07, 6.45) is -4.52. The number of hydrogen-bond acceptors (Lipinski definition) is 3. The summed E-state index contributed by atoms with van der Waals surface area (Å²) in [6, 6.07) is 6.04. The highest BCUT2D eigenvalue weighted by molar-refractivity contribution is 5.96. The number of carbonyl (C=O) groups excluding carboxylic acids is 1. The van der Waals surface area contributed by atoms with Crippen molar-refractivity contribution < 1.29 is 18.0 Å². The van der Waals surface area contributed by atoms with Gasteiger partial charge in [-0.3, -0.25) is 4.79 Å². The van der Waals surface area contributed by atoms with Crippen molar-refractivity contribution in [2.75, 3.05) is 0 Å². The monoisotopic (exact) mass is 294 g/mol. The Morgan fingerprint density at radius 2 is 2.10 bits per heavy atom. The van der Waals surface area contributed by atoms with Gasteiger partial charge >= 0.3 is 6.18 Å². The van der Waals surface area contributed by atoms with Crippen LogP contribution in [0.1, 0.15) is 27.3 Å². The highest BCUT2D eigenvalue weighted by Crippen LogP contribution is 2.30. The molecule has 0 aliphatic carbocycles. The SMILES string of the molecule is Cc1nn(-c2cccc(C(F)(F)F)c2)c(C#N)c1C(N)=O. The summed E-state index contributed by atoms with van der Waals surface area (Å²) in [5, 5.41) is 13.0. The molecule has 0 aliphatic heterocycles. The van der Waals surface area contributed by atoms with Gasteiger partial charge in [-0.2, -0.15) is 23.5 Å². The van der Waals surface area contributed by atoms with Gasteiger partial charge in [0.2, 0.25) is 0 Å². The summed E-state index contributed by atoms with van der Waals surface area (Å²) < 4.78 is 39.1. The Kier molecular flexibility index (Phi) is 3.43. The van der Waals surface area contributed by atoms with Gasteiger partial charge in [0.05, 0.1) is 22.5 Å². The molecule has 0 fully saturated rings. The molecule has 0 saturated carbocycles. The van der Waals surface area contributed by atoms with E-state index in [2.05, 4.69) is 5.10 Å². The van der Waals surface area contributed by atoms with E-state index in [1.165, 1.54) is 19.1 Å². The Morgan fingerprint density at radius 3 is 2.62 bits per heavy atom. The van der Waals surface area contributed by atoms with Gasteiger partial charge in [0, 0.05) is 0 Å². The zero-order chi connectivity index (χ0) is 15.8. The third kappa shape index (κ3) is 2.58. The van der Waals surface area contributed by atoms with Crippen LogP contribution in [-0.2, 0) is 6.18 Å². The first-order chi connectivity index (χ1) is 9.75. The maximum Gasteiger partial charge on any atom is 0.416 e. The van der Waals surface area contributed by atoms with Crippen LogP contribution in [0.15, 0.2) is 24.3 Å². The number of halogens is 3. The molecule has 1 heterocycles. The highest BCUT2D eigenvalue weighted by atomic mass is 19.4. The first kappa shape index (κ1) is 14.6. The fourth-order valence-electron chi connectivity index (χ4n) is 1.93. The van der Waals surface area contributed by atoms with Gasteiger partial charge in [0.15, 0.2) is 5.69 Å². The number of carbonyl (C=O) groups is 1. The van der Waals surface area contributed by atoms with E-state index in [1.54, 1.807) is 6.07 Å². The van der Waals surface area contributed by atoms with Crippen LogP contribution in [0.5, 0.6) is 0 Å². The summed E-state index contributed by atoms with van der Waals surface area (Å²) in [5.74, 6) is -0.859. The molecule has 1 aromatic heterocycles. The van der Waals surface area contributed by atoms with Gasteiger partial charge in [0.25, 0.3) is 5.91 Å². The predicted octanol–water partition coefficient (Wildman–Crippen LogP) is 2.17. The van der Waals surface area contributed by atoms with Gasteiger partial charge in [-0.1, -0.05) is 6.07 Å². The standard InChI is InChI=1S/C13H9F3N4O/c1-7-11(12(18)21)10(6-17)20(19-7)9-4-2-3-8(5-9)13(14,15)16/h2-5H,1H3,(H2,18,21). The maximum absolute atomic E-state index is 12.7. The number of alkyl halides is 3. The van der Waals surface area contributed by atoms with E-state index in [0.717, 1.165) is 16.8 Å². The smallest absolute Gasteiger partial charge is 0.365 e. The first-order valence-electron chi connectivity index (χ1n) is 5.73. The third-order valence-electron chi connectivity index (χ3n) is 2.83. The fourth-order valence-corrected chi connectivity index (χ4v) is 1.93. The maximum atomic E-state index is 12.7. The minimum Gasteiger partial charge on any atom is -0.365 e. The number of rotatable bonds is 2. The van der Waals surface area contributed by atoms with Crippen molar-refractivity contribution in [3.8, 4) is 11.8 Å². The quantitative estimate of drug-likeness (QED) is 0.921. The van der Waals surface area contributed by atoms with Crippen LogP contribution in [0.4, 0.5) is 13.2 Å². The molecule has 8 heteroatoms. The van der Waals surface area contributed by atoms with E-state index < -0.39 is 17.6 Å². The lowest BCUT2D eigenvalue weighted by molar-refractivity contribution is -0.137. The molecule has 2 N–H and O–H groups in total. The molecule has 0 spiro atoms. The number of primary amides is 1. The molecule has 0 saturated heterocycles. The molecule has 1 aromatic carbocycles. The molecule has 108 valence electrons. The van der Waals surface area contributed by atoms with E-state index in [-0.39, 0.29) is 22.6 Å². The van der Waals surface area contributed by atoms with Gasteiger partial charge < -0.3 is 5.73 Å². The summed E-state index contributed by atoms with van der Waals surface area (Å²) in [7, 11) is 0. The van der Waals surface area contributed by atoms with Crippen LogP contribution in [0, 0.1) is 18.3 Å². The van der Waals surface area contributed by atoms with Crippen molar-refractivity contribution >= 4 is 5.91 Å². The lowest BCUT2D eigenvalue weighted by atomic mass is 10.1. The summed E-state index contributed by atoms with van der Waals surface area (Å²) in [4.78, 5) is 11.3. The molecule has 0 radical (unpaired) electrons. The number of nitrogens with two attached hydrogens (primary N) is 1. The Morgan fingerprint density at radius 1 is 1.43 bits per heavy atom. The average Bonchev–Trinajstić information content (AvgIpc) is 2.74. The highest BCUT2D eigenvalue weighted by Gasteiger charge is 2.31. The molecule has 0 aliphatic rings. The summed E-state index contributed by atoms with van der Waals surface area (Å²) in [5.41, 5.74) is 4.19. The lowest BCUT2D eigenvalue weighted by Gasteiger charge is -2.09. The first-order valence-corrected chi connectivity index (χ1v) is 5.73. The van der Waals surface area contributed by atoms with Crippen LogP contribution >= 0.6 is 0 Å². The predicted molar refractivity (Wildman–Crippen MR) is 66.5 cm³/mol. The van der Waals surface area contributed by atoms with E-state index in [1.807, 2.05) is 0 Å². The van der Waals surface area contributed by atoms with Gasteiger partial charge in [-0.15, -0.1) is 0 Å². The van der Waals surface area contributed by atoms with E-state index in [0.29, 0.717) is 0 Å². The van der Waals surface area contributed by atoms with Gasteiger partial charge in [0.1, 0.15) is 6.07 Å². The number of hydrogen-bond donors (Lipinski definition) is 1. The fraction of sp³-hybridized carbons (Fsp3) is 0.154. The number of nitriles is 1. The zero-order valence-electron chi connectivity index (χ0n) is 10.8. The van der Waals surface area contributed by atoms with Crippen molar-refractivity contribution in [2.45, 2.75) is 13.1 Å². The molecule has 0 unspecified atom stereocenters. The molecule has 2 aromatic rings. The lowest BCUT2D eigenvalue weighted by Crippen LogP contribution is -2.14. The normalized spacial score (nSPS) is 11.2. The number of aryl methyl sites for hydroxylation is 1. The zero-order valence-corrected chi connectivity index (χ0v) is 10.8. The molecule has 0 bridgehead atoms. The van der Waals surface area contributed by atoms with Crippen molar-refractivity contribution in [3.63, 3.8) is 0 Å². The third-order valence-corrected chi connectivity index (χ3v) is 2.83. The average molecular weight is 294 g/mol. The van der Waals surface area contributed by atoms with Crippen LogP contribution in [0.2, 0.25) is 0 Å². The van der Waals surface area contributed by atoms with Crippen LogP contribution < -0.4 is 5.73 Å². The van der Waals surface area contributed by atoms with Gasteiger partial charge in [-0.25, -0.2) is 4.68 Å². The van der Waals surface area contributed by atoms with Crippen LogP contribution in [0.3, 0.4) is 0 Å². The van der Waals surface area contributed by atoms with Crippen molar-refractivity contribution in [2.24, 2.45) is 5.73 Å². The Labute approximate surface area is 117 Å². The second-order valence-corrected chi connectivity index (χ2v) is 4.24. The van der Waals surface area contributed by atoms with Crippen molar-refractivity contribution in [1.29, 1.82) is 5.26 Å². The molecular formula is C13H9F3N4O. The largest absolute Gasteiger partial charge is 0.416 e. The Balaban J connectivity index is 2.66. The summed E-state index contributed by atoms with van der Waals surface area (Å²) >= 11 is 0. The minimum absolute atomic E-state index is 0.0250. The number of nitrogens with zero attached hydrogens (tertiary/aromatic N) is 3. The number of aromatic nitrogens is 2. The topological polar surface area (TPSA) is 84.7 Å². The van der Waals surface area contributed by atoms with E-state index >= 15 is 0 Å². The molecule has 2 rings (SSSR count). The van der Waals surface area contributed by atoms with Crippen molar-refractivity contribution in [1.82, 2.24) is 9.78 Å².